The Hall–Kier alpha value is -3.27. The minimum Gasteiger partial charge on any atom is -0.351 e. The first-order valence-corrected chi connectivity index (χ1v) is 11.0. The standard InChI is InChI=1S/C22H23F2N5O2S/c1-3-29-19(10-11-25-21(31)16-6-4-5-7-17(16)24)27-28-22(29)32-13-20(30)26-18-12-15(23)9-8-14(18)2/h4-9,12H,3,10-11,13H2,1-2H3,(H,25,31)(H,26,30). The molecule has 7 nitrogen and oxygen atoms in total. The highest BCUT2D eigenvalue weighted by atomic mass is 32.2. The van der Waals surface area contributed by atoms with Gasteiger partial charge in [-0.15, -0.1) is 10.2 Å². The first-order valence-electron chi connectivity index (χ1n) is 10.0. The second-order valence-electron chi connectivity index (χ2n) is 6.92. The van der Waals surface area contributed by atoms with E-state index in [4.69, 9.17) is 0 Å². The Balaban J connectivity index is 1.54. The van der Waals surface area contributed by atoms with Crippen molar-refractivity contribution in [1.29, 1.82) is 0 Å². The summed E-state index contributed by atoms with van der Waals surface area (Å²) in [5.74, 6) is -1.05. The zero-order chi connectivity index (χ0) is 23.1. The van der Waals surface area contributed by atoms with Crippen molar-refractivity contribution in [2.75, 3.05) is 17.6 Å². The molecule has 168 valence electrons. The Morgan fingerprint density at radius 3 is 2.66 bits per heavy atom. The third kappa shape index (κ3) is 5.91. The minimum absolute atomic E-state index is 0.0137. The molecule has 2 amide bonds. The molecule has 32 heavy (non-hydrogen) atoms. The van der Waals surface area contributed by atoms with Gasteiger partial charge in [0.05, 0.1) is 11.3 Å². The van der Waals surface area contributed by atoms with E-state index in [9.17, 15) is 18.4 Å². The maximum absolute atomic E-state index is 13.7. The molecule has 0 bridgehead atoms. The first kappa shape index (κ1) is 23.4. The van der Waals surface area contributed by atoms with Crippen LogP contribution in [0.3, 0.4) is 0 Å². The number of carbonyl (C=O) groups is 2. The maximum Gasteiger partial charge on any atom is 0.254 e. The van der Waals surface area contributed by atoms with E-state index < -0.39 is 17.5 Å². The Bertz CT molecular complexity index is 1120. The van der Waals surface area contributed by atoms with Crippen LogP contribution in [0, 0.1) is 18.6 Å². The van der Waals surface area contributed by atoms with Gasteiger partial charge in [-0.3, -0.25) is 9.59 Å². The number of nitrogens with one attached hydrogen (secondary N) is 2. The average molecular weight is 460 g/mol. The van der Waals surface area contributed by atoms with Crippen molar-refractivity contribution in [2.24, 2.45) is 0 Å². The first-order chi connectivity index (χ1) is 15.4. The normalized spacial score (nSPS) is 10.8. The van der Waals surface area contributed by atoms with Gasteiger partial charge in [-0.2, -0.15) is 0 Å². The number of anilines is 1. The van der Waals surface area contributed by atoms with Crippen molar-refractivity contribution < 1.29 is 18.4 Å². The molecule has 0 unspecified atom stereocenters. The number of aryl methyl sites for hydroxylation is 1. The van der Waals surface area contributed by atoms with Crippen molar-refractivity contribution in [1.82, 2.24) is 20.1 Å². The second kappa shape index (κ2) is 10.9. The highest BCUT2D eigenvalue weighted by Crippen LogP contribution is 2.20. The molecule has 2 aromatic carbocycles. The lowest BCUT2D eigenvalue weighted by Crippen LogP contribution is -2.27. The van der Waals surface area contributed by atoms with Gasteiger partial charge in [-0.05, 0) is 43.7 Å². The molecule has 3 rings (SSSR count). The van der Waals surface area contributed by atoms with Crippen LogP contribution in [-0.2, 0) is 17.8 Å². The Kier molecular flexibility index (Phi) is 7.93. The van der Waals surface area contributed by atoms with Crippen LogP contribution in [0.15, 0.2) is 47.6 Å². The summed E-state index contributed by atoms with van der Waals surface area (Å²) in [5, 5.41) is 14.2. The van der Waals surface area contributed by atoms with Crippen LogP contribution in [0.25, 0.3) is 0 Å². The Morgan fingerprint density at radius 2 is 1.91 bits per heavy atom. The number of hydrogen-bond acceptors (Lipinski definition) is 5. The topological polar surface area (TPSA) is 88.9 Å². The van der Waals surface area contributed by atoms with Crippen LogP contribution in [-0.4, -0.2) is 38.9 Å². The lowest BCUT2D eigenvalue weighted by molar-refractivity contribution is -0.113. The molecular formula is C22H23F2N5O2S. The van der Waals surface area contributed by atoms with E-state index in [-0.39, 0.29) is 23.8 Å². The molecule has 0 aliphatic carbocycles. The second-order valence-corrected chi connectivity index (χ2v) is 7.87. The number of benzene rings is 2. The smallest absolute Gasteiger partial charge is 0.254 e. The van der Waals surface area contributed by atoms with Gasteiger partial charge in [0.15, 0.2) is 5.16 Å². The van der Waals surface area contributed by atoms with Gasteiger partial charge in [-0.25, -0.2) is 8.78 Å². The summed E-state index contributed by atoms with van der Waals surface area (Å²) in [6.45, 7) is 4.55. The molecular weight excluding hydrogens is 436 g/mol. The molecule has 0 saturated carbocycles. The fourth-order valence-electron chi connectivity index (χ4n) is 3.00. The molecule has 0 spiro atoms. The van der Waals surface area contributed by atoms with Crippen molar-refractivity contribution in [2.45, 2.75) is 32.0 Å². The monoisotopic (exact) mass is 459 g/mol. The summed E-state index contributed by atoms with van der Waals surface area (Å²) < 4.78 is 28.9. The van der Waals surface area contributed by atoms with Crippen molar-refractivity contribution in [3.8, 4) is 0 Å². The minimum atomic E-state index is -0.577. The molecule has 1 aromatic heterocycles. The molecule has 2 N–H and O–H groups in total. The van der Waals surface area contributed by atoms with E-state index in [2.05, 4.69) is 20.8 Å². The van der Waals surface area contributed by atoms with Crippen LogP contribution in [0.2, 0.25) is 0 Å². The fraction of sp³-hybridized carbons (Fsp3) is 0.273. The molecule has 0 atom stereocenters. The van der Waals surface area contributed by atoms with Crippen LogP contribution < -0.4 is 10.6 Å². The molecule has 0 fully saturated rings. The van der Waals surface area contributed by atoms with E-state index in [0.29, 0.717) is 29.6 Å². The quantitative estimate of drug-likeness (QED) is 0.478. The van der Waals surface area contributed by atoms with Crippen molar-refractivity contribution in [3.05, 3.63) is 71.1 Å². The number of hydrogen-bond donors (Lipinski definition) is 2. The summed E-state index contributed by atoms with van der Waals surface area (Å²) >= 11 is 1.22. The molecule has 1 heterocycles. The SMILES string of the molecule is CCn1c(CCNC(=O)c2ccccc2F)nnc1SCC(=O)Nc1cc(F)ccc1C. The van der Waals surface area contributed by atoms with E-state index in [1.54, 1.807) is 19.1 Å². The van der Waals surface area contributed by atoms with Crippen LogP contribution in [0.5, 0.6) is 0 Å². The summed E-state index contributed by atoms with van der Waals surface area (Å²) in [4.78, 5) is 24.4. The molecule has 0 radical (unpaired) electrons. The summed E-state index contributed by atoms with van der Waals surface area (Å²) in [7, 11) is 0. The summed E-state index contributed by atoms with van der Waals surface area (Å²) in [5.41, 5.74) is 1.18. The van der Waals surface area contributed by atoms with E-state index in [0.717, 1.165) is 5.56 Å². The molecule has 3 aromatic rings. The predicted octanol–water partition coefficient (Wildman–Crippen LogP) is 3.59. The van der Waals surface area contributed by atoms with Gasteiger partial charge in [0.2, 0.25) is 5.91 Å². The molecule has 10 heteroatoms. The number of rotatable bonds is 9. The number of thioether (sulfide) groups is 1. The van der Waals surface area contributed by atoms with Crippen LogP contribution in [0.1, 0.15) is 28.7 Å². The number of aromatic nitrogens is 3. The van der Waals surface area contributed by atoms with E-state index >= 15 is 0 Å². The third-order valence-electron chi connectivity index (χ3n) is 4.67. The third-order valence-corrected chi connectivity index (χ3v) is 5.64. The van der Waals surface area contributed by atoms with Crippen molar-refractivity contribution >= 4 is 29.3 Å². The van der Waals surface area contributed by atoms with Crippen LogP contribution in [0.4, 0.5) is 14.5 Å². The molecule has 0 saturated heterocycles. The summed E-state index contributed by atoms with van der Waals surface area (Å²) in [6.07, 6.45) is 0.399. The molecule has 0 aliphatic rings. The lowest BCUT2D eigenvalue weighted by atomic mass is 10.2. The zero-order valence-electron chi connectivity index (χ0n) is 17.7. The van der Waals surface area contributed by atoms with Gasteiger partial charge >= 0.3 is 0 Å². The van der Waals surface area contributed by atoms with Crippen molar-refractivity contribution in [3.63, 3.8) is 0 Å². The highest BCUT2D eigenvalue weighted by Gasteiger charge is 2.15. The van der Waals surface area contributed by atoms with Gasteiger partial charge in [-0.1, -0.05) is 30.0 Å². The fourth-order valence-corrected chi connectivity index (χ4v) is 3.82. The van der Waals surface area contributed by atoms with Gasteiger partial charge in [0, 0.05) is 25.2 Å². The number of halogens is 2. The maximum atomic E-state index is 13.7. The van der Waals surface area contributed by atoms with Gasteiger partial charge in [0.1, 0.15) is 17.5 Å². The van der Waals surface area contributed by atoms with Gasteiger partial charge < -0.3 is 15.2 Å². The molecule has 0 aliphatic heterocycles. The Morgan fingerprint density at radius 1 is 1.12 bits per heavy atom. The number of amides is 2. The summed E-state index contributed by atoms with van der Waals surface area (Å²) in [6, 6.07) is 9.99. The number of nitrogens with zero attached hydrogens (tertiary/aromatic N) is 3. The number of carbonyl (C=O) groups excluding carboxylic acids is 2. The van der Waals surface area contributed by atoms with Crippen LogP contribution >= 0.6 is 11.8 Å². The average Bonchev–Trinajstić information content (AvgIpc) is 3.16. The largest absolute Gasteiger partial charge is 0.351 e. The van der Waals surface area contributed by atoms with E-state index in [1.165, 1.54) is 42.1 Å². The predicted molar refractivity (Wildman–Crippen MR) is 119 cm³/mol. The highest BCUT2D eigenvalue weighted by molar-refractivity contribution is 7.99. The lowest BCUT2D eigenvalue weighted by Gasteiger charge is -2.10. The van der Waals surface area contributed by atoms with E-state index in [1.807, 2.05) is 11.5 Å². The zero-order valence-corrected chi connectivity index (χ0v) is 18.5. The Labute approximate surface area is 188 Å². The van der Waals surface area contributed by atoms with Gasteiger partial charge in [0.25, 0.3) is 5.91 Å².